The Hall–Kier alpha value is -13.9. The van der Waals surface area contributed by atoms with Crippen LogP contribution in [0.25, 0.3) is 10.9 Å². The number of nitrogens with zero attached hydrogens (tertiary/aromatic N) is 6. The van der Waals surface area contributed by atoms with Crippen LogP contribution >= 0.6 is 11.8 Å². The molecule has 4 aromatic heterocycles. The third-order valence-electron chi connectivity index (χ3n) is 19.8. The van der Waals surface area contributed by atoms with Gasteiger partial charge in [0.1, 0.15) is 72.2 Å². The molecule has 1 fully saturated rings. The summed E-state index contributed by atoms with van der Waals surface area (Å²) in [7, 11) is 4.03. The van der Waals surface area contributed by atoms with Gasteiger partial charge in [0, 0.05) is 131 Å². The summed E-state index contributed by atoms with van der Waals surface area (Å²) in [6, 6.07) is 3.62. The van der Waals surface area contributed by atoms with E-state index in [1.165, 1.54) is 80.5 Å². The third kappa shape index (κ3) is 29.0. The Morgan fingerprint density at radius 3 is 1.64 bits per heavy atom. The fraction of sp³-hybridized carbons (Fsp3) is 0.423. The number of rotatable bonds is 25. The molecule has 14 amide bonds. The van der Waals surface area contributed by atoms with Gasteiger partial charge in [-0.25, -0.2) is 15.0 Å². The van der Waals surface area contributed by atoms with Gasteiger partial charge in [0.2, 0.25) is 82.7 Å². The molecule has 1 saturated heterocycles. The van der Waals surface area contributed by atoms with Gasteiger partial charge in [0.15, 0.2) is 11.9 Å². The molecule has 1 aliphatic rings. The first-order valence-corrected chi connectivity index (χ1v) is 40.2. The van der Waals surface area contributed by atoms with Gasteiger partial charge < -0.3 is 126 Å². The van der Waals surface area contributed by atoms with Gasteiger partial charge in [-0.05, 0) is 67.0 Å². The second-order valence-electron chi connectivity index (χ2n) is 29.0. The number of imidazole rings is 3. The summed E-state index contributed by atoms with van der Waals surface area (Å²) < 4.78 is 1.53. The Labute approximate surface area is 704 Å². The third-order valence-corrected chi connectivity index (χ3v) is 20.8. The summed E-state index contributed by atoms with van der Waals surface area (Å²) >= 11 is 0.797. The molecule has 122 heavy (non-hydrogen) atoms. The van der Waals surface area contributed by atoms with Gasteiger partial charge in [0.05, 0.1) is 44.4 Å². The number of phenols is 1. The highest BCUT2D eigenvalue weighted by atomic mass is 32.2. The number of para-hydroxylation sites is 1. The summed E-state index contributed by atoms with van der Waals surface area (Å²) in [4.78, 5) is 228. The number of thioether (sulfide) groups is 1. The number of primary amides is 1. The van der Waals surface area contributed by atoms with Crippen LogP contribution in [-0.4, -0.2) is 274 Å². The average Bonchev–Trinajstić information content (AvgIpc) is 1.35. The first kappa shape index (κ1) is 93.6. The van der Waals surface area contributed by atoms with Crippen molar-refractivity contribution >= 4 is 117 Å². The van der Waals surface area contributed by atoms with Crippen LogP contribution in [0.4, 0.5) is 0 Å². The van der Waals surface area contributed by atoms with Crippen LogP contribution in [0.2, 0.25) is 0 Å². The molecule has 0 bridgehead atoms. The number of aromatic nitrogens is 7. The van der Waals surface area contributed by atoms with Crippen molar-refractivity contribution in [3.63, 3.8) is 0 Å². The van der Waals surface area contributed by atoms with Crippen molar-refractivity contribution in [2.24, 2.45) is 24.2 Å². The monoisotopic (exact) mass is 1710 g/mol. The van der Waals surface area contributed by atoms with E-state index in [1.807, 2.05) is 0 Å². The predicted octanol–water partition coefficient (Wildman–Crippen LogP) is -5.78. The standard InChI is InChI=1S/C78H105N27O16S/c1-5-51-67(112)98-56(27-45-31-89-52-16-10-9-15-50(45)52)70(115)101-59(29-47-33-85-41-92-47)75(120)103(2)36-64(109)94-60(37-106)73(118)97-54(18-12-24-88-78(82)83)76(121)105(4)62(26-44-19-21-49(107)22-20-44)74(119)100-57(28-46-32-84-40-91-46)71(116)96-53(17-11-23-87-77(80)81)68(113)99-58(30-48-34-86-42-104(48)3)72(117)102-61(66(111)90-35-63(79)108)38-122-39-65(110)93-55(69(114)95-51)25-43-13-7-6-8-14-43/h6-10,13-16,19-22,31-34,40-42,51,53-62,89,106-107H,5,11-12,17-18,23-30,35-39H2,1-4H3,(H2,79,108)(H,84,91)(H,85,92)(H,90,111)(H,93,110)(H,94,109)(H,95,114)(H,96,116)(H,97,118)(H,98,112)(H,99,113)(H,100,119)(H,101,115)(H,102,117)(H4,80,81,87)(H4,82,83,88)/t51-,53-,54?,55-,56-,57?,58-,59-,60-,61-,62-/m0/s1. The number of aromatic hydroxyl groups is 1. The van der Waals surface area contributed by atoms with E-state index in [1.54, 1.807) is 74.8 Å². The zero-order chi connectivity index (χ0) is 88.5. The molecule has 5 heterocycles. The fourth-order valence-corrected chi connectivity index (χ4v) is 14.0. The number of aliphatic hydroxyl groups is 1. The van der Waals surface area contributed by atoms with Gasteiger partial charge in [-0.1, -0.05) is 67.6 Å². The SMILES string of the molecule is CC[C@@H]1NC(=O)[C@H](Cc2ccccc2)NC(=O)CSC[C@@H](C(=O)NCC(N)=O)NC(=O)[C@H](Cc2cncn2C)NC(=O)[C@H](CCCNC(=N)N)NC(=O)C(Cc2cnc[nH]2)NC(=O)[C@H](Cc2ccc(O)cc2)N(C)C(=O)C(CCCNC(=N)N)NC(=O)[C@H](CO)NC(=O)CN(C)C(=O)[C@H](Cc2cnc[nH]2)NC(=O)[C@H](Cc2c[nH]c3ccccc23)NC1=O. The first-order valence-electron chi connectivity index (χ1n) is 39.1. The quantitative estimate of drug-likeness (QED) is 0.0144. The molecule has 0 radical (unpaired) electrons. The Morgan fingerprint density at radius 2 is 1.04 bits per heavy atom. The molecule has 2 unspecified atom stereocenters. The maximum Gasteiger partial charge on any atom is 0.245 e. The van der Waals surface area contributed by atoms with E-state index in [9.17, 15) is 48.6 Å². The number of hydrogen-bond donors (Lipinski definition) is 23. The number of benzene rings is 3. The predicted molar refractivity (Wildman–Crippen MR) is 444 cm³/mol. The number of fused-ring (bicyclic) bond motifs is 1. The van der Waals surface area contributed by atoms with Crippen molar-refractivity contribution in [1.82, 2.24) is 113 Å². The number of amides is 14. The Morgan fingerprint density at radius 1 is 0.525 bits per heavy atom. The number of guanidine groups is 2. The van der Waals surface area contributed by atoms with Crippen molar-refractivity contribution < 1.29 is 77.3 Å². The summed E-state index contributed by atoms with van der Waals surface area (Å²) in [5, 5.41) is 71.6. The molecule has 26 N–H and O–H groups in total. The second kappa shape index (κ2) is 46.4. The zero-order valence-electron chi connectivity index (χ0n) is 67.6. The van der Waals surface area contributed by atoms with Crippen molar-refractivity contribution in [3.8, 4) is 5.75 Å². The number of phenolic OH excluding ortho intramolecular Hbond substituents is 1. The normalized spacial score (nSPS) is 21.9. The van der Waals surface area contributed by atoms with E-state index < -0.39 is 192 Å². The highest BCUT2D eigenvalue weighted by Gasteiger charge is 2.40. The lowest BCUT2D eigenvalue weighted by molar-refractivity contribution is -0.143. The summed E-state index contributed by atoms with van der Waals surface area (Å²) in [5.41, 5.74) is 19.7. The first-order chi connectivity index (χ1) is 58.4. The molecule has 7 aromatic rings. The molecule has 0 saturated carbocycles. The number of aliphatic hydroxyl groups excluding tert-OH is 1. The number of likely N-dealkylation sites (N-methyl/N-ethyl adjacent to an activating group) is 2. The summed E-state index contributed by atoms with van der Waals surface area (Å²) in [6.45, 7) is -1.14. The summed E-state index contributed by atoms with van der Waals surface area (Å²) in [5.74, 6) is -15.5. The van der Waals surface area contributed by atoms with E-state index in [0.717, 1.165) is 21.6 Å². The number of aryl methyl sites for hydroxylation is 1. The number of H-pyrrole nitrogens is 3. The van der Waals surface area contributed by atoms with E-state index >= 15 is 28.8 Å². The number of aromatic amines is 3. The van der Waals surface area contributed by atoms with Crippen LogP contribution in [0.5, 0.6) is 5.75 Å². The Kier molecular flexibility index (Phi) is 35.6. The minimum atomic E-state index is -1.85. The molecule has 0 aliphatic carbocycles. The molecule has 43 nitrogen and oxygen atoms in total. The maximum absolute atomic E-state index is 15.4. The molecule has 11 atom stereocenters. The molecule has 0 spiro atoms. The lowest BCUT2D eigenvalue weighted by Gasteiger charge is -2.33. The number of hydrogen-bond acceptors (Lipinski definition) is 22. The molecule has 3 aromatic carbocycles. The van der Waals surface area contributed by atoms with Crippen molar-refractivity contribution in [1.29, 1.82) is 10.8 Å². The number of nitrogens with two attached hydrogens (primary N) is 3. The molecular weight excluding hydrogens is 1600 g/mol. The number of nitrogens with one attached hydrogen (secondary N) is 18. The molecule has 44 heteroatoms. The molecule has 654 valence electrons. The van der Waals surface area contributed by atoms with Gasteiger partial charge >= 0.3 is 0 Å². The topological polar surface area (TPSA) is 659 Å². The average molecular weight is 1710 g/mol. The van der Waals surface area contributed by atoms with Crippen LogP contribution in [0, 0.1) is 10.8 Å². The molecule has 1 aliphatic heterocycles. The highest BCUT2D eigenvalue weighted by Crippen LogP contribution is 2.22. The second-order valence-corrected chi connectivity index (χ2v) is 30.1. The maximum atomic E-state index is 15.4. The fourth-order valence-electron chi connectivity index (χ4n) is 13.2. The van der Waals surface area contributed by atoms with Crippen LogP contribution in [0.1, 0.15) is 72.8 Å². The van der Waals surface area contributed by atoms with Crippen molar-refractivity contribution in [3.05, 3.63) is 156 Å². The van der Waals surface area contributed by atoms with Gasteiger partial charge in [-0.3, -0.25) is 77.9 Å². The minimum absolute atomic E-state index is 0.00111. The van der Waals surface area contributed by atoms with Crippen LogP contribution in [-0.2, 0) is 113 Å². The van der Waals surface area contributed by atoms with Crippen molar-refractivity contribution in [2.75, 3.05) is 58.4 Å². The Balaban J connectivity index is 1.19. The van der Waals surface area contributed by atoms with Crippen LogP contribution < -0.4 is 86.3 Å². The lowest BCUT2D eigenvalue weighted by atomic mass is 10.0. The summed E-state index contributed by atoms with van der Waals surface area (Å²) in [6.07, 6.45) is 7.48. The van der Waals surface area contributed by atoms with Gasteiger partial charge in [-0.2, -0.15) is 0 Å². The van der Waals surface area contributed by atoms with E-state index in [-0.39, 0.29) is 95.2 Å². The molecule has 8 rings (SSSR count). The number of carbonyl (C=O) groups excluding carboxylic acids is 14. The van der Waals surface area contributed by atoms with Crippen LogP contribution in [0.3, 0.4) is 0 Å². The van der Waals surface area contributed by atoms with E-state index in [0.29, 0.717) is 39.0 Å². The minimum Gasteiger partial charge on any atom is -0.508 e. The molecular formula is C78H105N27O16S. The smallest absolute Gasteiger partial charge is 0.245 e. The van der Waals surface area contributed by atoms with E-state index in [4.69, 9.17) is 28.0 Å². The van der Waals surface area contributed by atoms with Crippen molar-refractivity contribution in [2.45, 2.75) is 144 Å². The zero-order valence-corrected chi connectivity index (χ0v) is 68.4. The van der Waals surface area contributed by atoms with E-state index in [2.05, 4.69) is 99.0 Å². The van der Waals surface area contributed by atoms with Gasteiger partial charge in [-0.15, -0.1) is 11.8 Å². The number of carbonyl (C=O) groups is 14. The largest absolute Gasteiger partial charge is 0.508 e. The lowest BCUT2D eigenvalue weighted by Crippen LogP contribution is -2.61. The van der Waals surface area contributed by atoms with Gasteiger partial charge in [0.25, 0.3) is 0 Å². The highest BCUT2D eigenvalue weighted by molar-refractivity contribution is 8.00. The Bertz CT molecular complexity index is 4780. The van der Waals surface area contributed by atoms with Crippen LogP contribution in [0.15, 0.2) is 123 Å².